The molecule has 5 heteroatoms. The van der Waals surface area contributed by atoms with Crippen molar-refractivity contribution in [3.05, 3.63) is 114 Å². The topological polar surface area (TPSA) is 49.6 Å². The van der Waals surface area contributed by atoms with Gasteiger partial charge in [-0.25, -0.2) is 0 Å². The Morgan fingerprint density at radius 1 is 0.800 bits per heavy atom. The van der Waals surface area contributed by atoms with Crippen molar-refractivity contribution in [1.82, 2.24) is 15.0 Å². The van der Waals surface area contributed by atoms with E-state index < -0.39 is 0 Å². The number of hydrogen-bond donors (Lipinski definition) is 0. The molecule has 1 aliphatic heterocycles. The highest BCUT2D eigenvalue weighted by atomic mass is 16.5. The van der Waals surface area contributed by atoms with Gasteiger partial charge in [-0.2, -0.15) is 0 Å². The Bertz CT molecular complexity index is 1160. The number of piperazine rings is 1. The summed E-state index contributed by atoms with van der Waals surface area (Å²) in [5.41, 5.74) is 4.44. The number of carbonyl (C=O) groups is 1. The Kier molecular flexibility index (Phi) is 7.35. The first-order valence-corrected chi connectivity index (χ1v) is 12.4. The van der Waals surface area contributed by atoms with Gasteiger partial charge in [-0.3, -0.25) is 9.69 Å². The van der Waals surface area contributed by atoms with E-state index in [0.29, 0.717) is 13.0 Å². The largest absolute Gasteiger partial charge is 0.359 e. The van der Waals surface area contributed by atoms with Crippen LogP contribution in [0.1, 0.15) is 35.6 Å². The van der Waals surface area contributed by atoms with E-state index in [2.05, 4.69) is 58.6 Å². The van der Waals surface area contributed by atoms with Crippen molar-refractivity contribution in [2.45, 2.75) is 25.3 Å². The van der Waals surface area contributed by atoms with Crippen LogP contribution >= 0.6 is 0 Å². The quantitative estimate of drug-likeness (QED) is 0.340. The van der Waals surface area contributed by atoms with Crippen LogP contribution < -0.4 is 0 Å². The van der Waals surface area contributed by atoms with Crippen LogP contribution in [0.4, 0.5) is 0 Å². The molecule has 0 atom stereocenters. The summed E-state index contributed by atoms with van der Waals surface area (Å²) in [6, 6.07) is 33.1. The third-order valence-electron chi connectivity index (χ3n) is 6.78. The second-order valence-electron chi connectivity index (χ2n) is 9.11. The average Bonchev–Trinajstić information content (AvgIpc) is 3.39. The molecular formula is C30H31N3O2. The normalized spacial score (nSPS) is 14.4. The van der Waals surface area contributed by atoms with E-state index in [4.69, 9.17) is 4.52 Å². The fourth-order valence-corrected chi connectivity index (χ4v) is 4.83. The van der Waals surface area contributed by atoms with Crippen molar-refractivity contribution in [1.29, 1.82) is 0 Å². The Morgan fingerprint density at radius 3 is 1.97 bits per heavy atom. The van der Waals surface area contributed by atoms with E-state index in [1.54, 1.807) is 0 Å². The summed E-state index contributed by atoms with van der Waals surface area (Å²) in [4.78, 5) is 17.4. The molecule has 0 saturated carbocycles. The molecule has 5 nitrogen and oxygen atoms in total. The van der Waals surface area contributed by atoms with E-state index in [0.717, 1.165) is 49.6 Å². The molecule has 1 aromatic heterocycles. The van der Waals surface area contributed by atoms with Gasteiger partial charge < -0.3 is 9.42 Å². The van der Waals surface area contributed by atoms with Crippen LogP contribution in [0.5, 0.6) is 0 Å². The highest BCUT2D eigenvalue weighted by molar-refractivity contribution is 5.76. The first-order valence-electron chi connectivity index (χ1n) is 12.4. The minimum absolute atomic E-state index is 0.230. The van der Waals surface area contributed by atoms with E-state index in [-0.39, 0.29) is 11.8 Å². The Morgan fingerprint density at radius 2 is 1.37 bits per heavy atom. The maximum absolute atomic E-state index is 13.1. The third-order valence-corrected chi connectivity index (χ3v) is 6.78. The summed E-state index contributed by atoms with van der Waals surface area (Å²) in [7, 11) is 0. The van der Waals surface area contributed by atoms with Crippen LogP contribution in [0.25, 0.3) is 11.3 Å². The third kappa shape index (κ3) is 5.87. The minimum Gasteiger partial charge on any atom is -0.359 e. The van der Waals surface area contributed by atoms with Crippen LogP contribution in [-0.4, -0.2) is 47.0 Å². The number of aromatic nitrogens is 1. The number of nitrogens with zero attached hydrogens (tertiary/aromatic N) is 3. The first-order chi connectivity index (χ1) is 17.3. The predicted molar refractivity (Wildman–Crippen MR) is 138 cm³/mol. The van der Waals surface area contributed by atoms with Gasteiger partial charge in [0.25, 0.3) is 0 Å². The van der Waals surface area contributed by atoms with Crippen molar-refractivity contribution in [2.24, 2.45) is 0 Å². The zero-order valence-electron chi connectivity index (χ0n) is 19.9. The summed E-state index contributed by atoms with van der Waals surface area (Å²) in [5.74, 6) is 1.33. The van der Waals surface area contributed by atoms with Gasteiger partial charge in [0.05, 0.1) is 6.54 Å². The number of hydrogen-bond acceptors (Lipinski definition) is 4. The maximum Gasteiger partial charge on any atom is 0.222 e. The summed E-state index contributed by atoms with van der Waals surface area (Å²) >= 11 is 0. The first kappa shape index (κ1) is 23.1. The molecule has 4 aromatic rings. The Balaban J connectivity index is 1.13. The molecule has 2 heterocycles. The molecule has 0 unspecified atom stereocenters. The van der Waals surface area contributed by atoms with E-state index >= 15 is 0 Å². The summed E-state index contributed by atoms with van der Waals surface area (Å²) < 4.78 is 5.57. The highest BCUT2D eigenvalue weighted by Gasteiger charge is 2.23. The van der Waals surface area contributed by atoms with E-state index in [1.165, 1.54) is 11.1 Å². The van der Waals surface area contributed by atoms with Gasteiger partial charge in [0, 0.05) is 50.1 Å². The highest BCUT2D eigenvalue weighted by Crippen LogP contribution is 2.29. The molecule has 1 saturated heterocycles. The van der Waals surface area contributed by atoms with Crippen LogP contribution in [0.2, 0.25) is 0 Å². The number of rotatable bonds is 8. The van der Waals surface area contributed by atoms with Crippen molar-refractivity contribution in [3.63, 3.8) is 0 Å². The molecule has 1 amide bonds. The summed E-state index contributed by atoms with van der Waals surface area (Å²) in [6.45, 7) is 3.90. The smallest absolute Gasteiger partial charge is 0.222 e. The van der Waals surface area contributed by atoms with Gasteiger partial charge in [0.2, 0.25) is 5.91 Å². The monoisotopic (exact) mass is 465 g/mol. The van der Waals surface area contributed by atoms with E-state index in [9.17, 15) is 4.79 Å². The van der Waals surface area contributed by atoms with Gasteiger partial charge in [0.1, 0.15) is 5.69 Å². The molecule has 178 valence electrons. The van der Waals surface area contributed by atoms with Gasteiger partial charge in [-0.05, 0) is 17.5 Å². The molecule has 0 N–H and O–H groups in total. The summed E-state index contributed by atoms with van der Waals surface area (Å²) in [5, 5.41) is 4.22. The van der Waals surface area contributed by atoms with Gasteiger partial charge in [-0.15, -0.1) is 0 Å². The minimum atomic E-state index is 0.230. The molecule has 1 fully saturated rings. The maximum atomic E-state index is 13.1. The molecule has 0 radical (unpaired) electrons. The van der Waals surface area contributed by atoms with Gasteiger partial charge in [-0.1, -0.05) is 96.2 Å². The fourth-order valence-electron chi connectivity index (χ4n) is 4.83. The molecule has 35 heavy (non-hydrogen) atoms. The van der Waals surface area contributed by atoms with Crippen LogP contribution in [0.15, 0.2) is 102 Å². The van der Waals surface area contributed by atoms with Crippen LogP contribution in [0, 0.1) is 0 Å². The lowest BCUT2D eigenvalue weighted by molar-refractivity contribution is -0.133. The fraction of sp³-hybridized carbons (Fsp3) is 0.267. The molecule has 3 aromatic carbocycles. The lowest BCUT2D eigenvalue weighted by atomic mass is 9.87. The predicted octanol–water partition coefficient (Wildman–Crippen LogP) is 5.60. The zero-order chi connectivity index (χ0) is 23.9. The van der Waals surface area contributed by atoms with Gasteiger partial charge in [0.15, 0.2) is 5.76 Å². The van der Waals surface area contributed by atoms with Crippen LogP contribution in [0.3, 0.4) is 0 Å². The molecule has 1 aliphatic rings. The van der Waals surface area contributed by atoms with Crippen molar-refractivity contribution in [2.75, 3.05) is 26.2 Å². The number of benzene rings is 3. The molecular weight excluding hydrogens is 434 g/mol. The molecule has 0 spiro atoms. The standard InChI is InChI=1S/C30H31N3O2/c34-30(17-16-28(24-10-4-1-5-11-24)25-12-6-2-7-13-25)33-20-18-32(19-21-33)23-27-22-29(31-35-27)26-14-8-3-9-15-26/h1-15,22,28H,16-21,23H2. The lowest BCUT2D eigenvalue weighted by Crippen LogP contribution is -2.48. The lowest BCUT2D eigenvalue weighted by Gasteiger charge is -2.34. The second kappa shape index (κ2) is 11.2. The van der Waals surface area contributed by atoms with Crippen molar-refractivity contribution < 1.29 is 9.32 Å². The molecule has 0 bridgehead atoms. The molecule has 0 aliphatic carbocycles. The average molecular weight is 466 g/mol. The molecule has 5 rings (SSSR count). The van der Waals surface area contributed by atoms with Gasteiger partial charge >= 0.3 is 0 Å². The SMILES string of the molecule is O=C(CCC(c1ccccc1)c1ccccc1)N1CCN(Cc2cc(-c3ccccc3)no2)CC1. The van der Waals surface area contributed by atoms with E-state index in [1.807, 2.05) is 53.4 Å². The Hall–Kier alpha value is -3.70. The van der Waals surface area contributed by atoms with Crippen LogP contribution in [-0.2, 0) is 11.3 Å². The number of amides is 1. The van der Waals surface area contributed by atoms with Crippen molar-refractivity contribution in [3.8, 4) is 11.3 Å². The second-order valence-corrected chi connectivity index (χ2v) is 9.11. The zero-order valence-corrected chi connectivity index (χ0v) is 19.9. The number of carbonyl (C=O) groups excluding carboxylic acids is 1. The summed E-state index contributed by atoms with van der Waals surface area (Å²) in [6.07, 6.45) is 1.37. The Labute approximate surface area is 207 Å². The van der Waals surface area contributed by atoms with Crippen molar-refractivity contribution >= 4 is 5.91 Å².